The zero-order chi connectivity index (χ0) is 24.3. The van der Waals surface area contributed by atoms with Gasteiger partial charge in [0.15, 0.2) is 0 Å². The highest BCUT2D eigenvalue weighted by atomic mass is 16.5. The van der Waals surface area contributed by atoms with E-state index in [2.05, 4.69) is 23.1 Å². The summed E-state index contributed by atoms with van der Waals surface area (Å²) in [5.74, 6) is 2.67. The Labute approximate surface area is 212 Å². The second-order valence-electron chi connectivity index (χ2n) is 9.84. The highest BCUT2D eigenvalue weighted by Crippen LogP contribution is 2.51. The van der Waals surface area contributed by atoms with Crippen molar-refractivity contribution in [1.29, 1.82) is 0 Å². The van der Waals surface area contributed by atoms with Crippen molar-refractivity contribution in [2.45, 2.75) is 38.2 Å². The fourth-order valence-electron chi connectivity index (χ4n) is 5.62. The van der Waals surface area contributed by atoms with Crippen molar-refractivity contribution >= 4 is 11.1 Å². The Morgan fingerprint density at radius 3 is 2.50 bits per heavy atom. The third kappa shape index (κ3) is 4.68. The van der Waals surface area contributed by atoms with Gasteiger partial charge in [-0.05, 0) is 67.4 Å². The number of benzene rings is 3. The van der Waals surface area contributed by atoms with Crippen LogP contribution in [0.3, 0.4) is 0 Å². The van der Waals surface area contributed by atoms with Gasteiger partial charge in [0.1, 0.15) is 35.7 Å². The van der Waals surface area contributed by atoms with E-state index in [0.29, 0.717) is 19.0 Å². The summed E-state index contributed by atoms with van der Waals surface area (Å²) in [6.07, 6.45) is 5.76. The van der Waals surface area contributed by atoms with E-state index in [1.165, 1.54) is 44.3 Å². The lowest BCUT2D eigenvalue weighted by Gasteiger charge is -2.31. The predicted octanol–water partition coefficient (Wildman–Crippen LogP) is 6.47. The van der Waals surface area contributed by atoms with Gasteiger partial charge in [-0.15, -0.1) is 0 Å². The Bertz CT molecular complexity index is 1240. The van der Waals surface area contributed by atoms with Crippen LogP contribution in [0.15, 0.2) is 66.7 Å². The largest absolute Gasteiger partial charge is 0.508 e. The number of phenolic OH excluding ortho intramolecular Hbond substituents is 1. The Morgan fingerprint density at radius 1 is 0.861 bits per heavy atom. The van der Waals surface area contributed by atoms with E-state index in [1.54, 1.807) is 12.1 Å². The number of hydrogen-bond acceptors (Lipinski definition) is 5. The number of aromatic hydroxyl groups is 1. The lowest BCUT2D eigenvalue weighted by molar-refractivity contribution is 0.214. The summed E-state index contributed by atoms with van der Waals surface area (Å²) >= 11 is 0. The fourth-order valence-corrected chi connectivity index (χ4v) is 5.62. The molecule has 3 aromatic rings. The van der Waals surface area contributed by atoms with Crippen molar-refractivity contribution in [2.24, 2.45) is 0 Å². The Morgan fingerprint density at radius 2 is 1.67 bits per heavy atom. The molecule has 0 aromatic heterocycles. The Hall–Kier alpha value is -3.44. The number of ether oxygens (including phenoxy) is 3. The number of hydrogen-bond donors (Lipinski definition) is 1. The first kappa shape index (κ1) is 23.0. The van der Waals surface area contributed by atoms with Gasteiger partial charge in [0, 0.05) is 35.7 Å². The molecular formula is C31H33NO4. The normalized spacial score (nSPS) is 19.6. The molecule has 0 saturated carbocycles. The third-order valence-electron chi connectivity index (χ3n) is 7.47. The van der Waals surface area contributed by atoms with E-state index in [1.807, 2.05) is 36.4 Å². The highest BCUT2D eigenvalue weighted by Gasteiger charge is 2.34. The van der Waals surface area contributed by atoms with Gasteiger partial charge in [-0.25, -0.2) is 0 Å². The summed E-state index contributed by atoms with van der Waals surface area (Å²) in [5, 5.41) is 10.1. The minimum Gasteiger partial charge on any atom is -0.508 e. The van der Waals surface area contributed by atoms with E-state index in [0.717, 1.165) is 46.7 Å². The van der Waals surface area contributed by atoms with Crippen LogP contribution in [0.2, 0.25) is 0 Å². The number of rotatable bonds is 5. The smallest absolute Gasteiger partial charge is 0.150 e. The van der Waals surface area contributed by atoms with E-state index >= 15 is 0 Å². The first-order valence-corrected chi connectivity index (χ1v) is 13.2. The molecule has 0 spiro atoms. The van der Waals surface area contributed by atoms with Crippen LogP contribution in [0.25, 0.3) is 11.1 Å². The van der Waals surface area contributed by atoms with Crippen LogP contribution in [-0.2, 0) is 0 Å². The molecule has 0 radical (unpaired) electrons. The maximum absolute atomic E-state index is 10.1. The lowest BCUT2D eigenvalue weighted by atomic mass is 9.84. The van der Waals surface area contributed by atoms with Crippen molar-refractivity contribution in [2.75, 3.05) is 32.8 Å². The Kier molecular flexibility index (Phi) is 6.56. The monoisotopic (exact) mass is 483 g/mol. The van der Waals surface area contributed by atoms with E-state index in [9.17, 15) is 5.11 Å². The molecule has 3 heterocycles. The second kappa shape index (κ2) is 10.3. The molecule has 1 unspecified atom stereocenters. The SMILES string of the molecule is Oc1ccc2c(c1)OC(c1ccc(OCCN3CCCCCC3)cc1)C1=C2CCOc2ccccc21. The maximum Gasteiger partial charge on any atom is 0.150 e. The topological polar surface area (TPSA) is 51.2 Å². The van der Waals surface area contributed by atoms with Crippen molar-refractivity contribution in [1.82, 2.24) is 4.90 Å². The van der Waals surface area contributed by atoms with Crippen LogP contribution >= 0.6 is 0 Å². The molecule has 1 N–H and O–H groups in total. The van der Waals surface area contributed by atoms with Crippen LogP contribution < -0.4 is 14.2 Å². The van der Waals surface area contributed by atoms with Crippen LogP contribution in [0, 0.1) is 0 Å². The molecule has 1 saturated heterocycles. The van der Waals surface area contributed by atoms with Crippen molar-refractivity contribution in [3.05, 3.63) is 83.4 Å². The number of para-hydroxylation sites is 1. The molecule has 3 aliphatic rings. The number of nitrogens with zero attached hydrogens (tertiary/aromatic N) is 1. The van der Waals surface area contributed by atoms with Gasteiger partial charge in [0.2, 0.25) is 0 Å². The average Bonchev–Trinajstić information content (AvgIpc) is 3.28. The highest BCUT2D eigenvalue weighted by molar-refractivity contribution is 5.98. The van der Waals surface area contributed by atoms with Crippen LogP contribution in [0.5, 0.6) is 23.0 Å². The first-order valence-electron chi connectivity index (χ1n) is 13.2. The first-order chi connectivity index (χ1) is 17.8. The second-order valence-corrected chi connectivity index (χ2v) is 9.84. The van der Waals surface area contributed by atoms with Gasteiger partial charge >= 0.3 is 0 Å². The quantitative estimate of drug-likeness (QED) is 0.450. The molecule has 186 valence electrons. The van der Waals surface area contributed by atoms with E-state index in [-0.39, 0.29) is 11.9 Å². The predicted molar refractivity (Wildman–Crippen MR) is 142 cm³/mol. The van der Waals surface area contributed by atoms with Crippen molar-refractivity contribution in [3.63, 3.8) is 0 Å². The number of fused-ring (bicyclic) bond motifs is 4. The average molecular weight is 484 g/mol. The van der Waals surface area contributed by atoms with Gasteiger partial charge in [-0.1, -0.05) is 43.2 Å². The molecule has 3 aliphatic heterocycles. The molecule has 6 rings (SSSR count). The zero-order valence-corrected chi connectivity index (χ0v) is 20.6. The molecular weight excluding hydrogens is 450 g/mol. The summed E-state index contributed by atoms with van der Waals surface area (Å²) in [7, 11) is 0. The molecule has 3 aromatic carbocycles. The van der Waals surface area contributed by atoms with Gasteiger partial charge < -0.3 is 19.3 Å². The molecule has 5 nitrogen and oxygen atoms in total. The maximum atomic E-state index is 10.1. The molecule has 0 aliphatic carbocycles. The zero-order valence-electron chi connectivity index (χ0n) is 20.6. The van der Waals surface area contributed by atoms with Gasteiger partial charge in [0.25, 0.3) is 0 Å². The molecule has 36 heavy (non-hydrogen) atoms. The Balaban J connectivity index is 1.27. The summed E-state index contributed by atoms with van der Waals surface area (Å²) in [5.41, 5.74) is 5.48. The van der Waals surface area contributed by atoms with Gasteiger partial charge in [-0.3, -0.25) is 4.90 Å². The molecule has 5 heteroatoms. The van der Waals surface area contributed by atoms with Crippen molar-refractivity contribution < 1.29 is 19.3 Å². The molecule has 0 amide bonds. The third-order valence-corrected chi connectivity index (χ3v) is 7.47. The summed E-state index contributed by atoms with van der Waals surface area (Å²) in [6.45, 7) is 4.64. The van der Waals surface area contributed by atoms with Gasteiger partial charge in [-0.2, -0.15) is 0 Å². The van der Waals surface area contributed by atoms with Crippen LogP contribution in [0.1, 0.15) is 54.9 Å². The summed E-state index contributed by atoms with van der Waals surface area (Å²) in [6, 6.07) is 21.8. The minimum absolute atomic E-state index is 0.204. The van der Waals surface area contributed by atoms with Gasteiger partial charge in [0.05, 0.1) is 6.61 Å². The summed E-state index contributed by atoms with van der Waals surface area (Å²) < 4.78 is 18.8. The minimum atomic E-state index is -0.303. The standard InChI is InChI=1S/C31H33NO4/c33-23-11-14-25-26-15-19-35-28-8-4-3-7-27(28)30(26)31(36-29(25)21-23)22-9-12-24(13-10-22)34-20-18-32-16-5-1-2-6-17-32/h3-4,7-14,21,31,33H,1-2,5-6,15-20H2. The lowest BCUT2D eigenvalue weighted by Crippen LogP contribution is -2.29. The summed E-state index contributed by atoms with van der Waals surface area (Å²) in [4.78, 5) is 2.52. The molecule has 0 bridgehead atoms. The van der Waals surface area contributed by atoms with Crippen LogP contribution in [0.4, 0.5) is 0 Å². The molecule has 1 atom stereocenters. The number of phenols is 1. The molecule has 1 fully saturated rings. The number of likely N-dealkylation sites (tertiary alicyclic amines) is 1. The van der Waals surface area contributed by atoms with E-state index < -0.39 is 0 Å². The van der Waals surface area contributed by atoms with E-state index in [4.69, 9.17) is 14.2 Å². The van der Waals surface area contributed by atoms with Crippen molar-refractivity contribution in [3.8, 4) is 23.0 Å². The fraction of sp³-hybridized carbons (Fsp3) is 0.355. The van der Waals surface area contributed by atoms with Crippen LogP contribution in [-0.4, -0.2) is 42.9 Å².